The van der Waals surface area contributed by atoms with Gasteiger partial charge in [0, 0.05) is 29.9 Å². The van der Waals surface area contributed by atoms with Crippen LogP contribution < -0.4 is 4.74 Å². The van der Waals surface area contributed by atoms with Crippen LogP contribution in [0.3, 0.4) is 0 Å². The molecule has 1 saturated heterocycles. The van der Waals surface area contributed by atoms with Gasteiger partial charge in [-0.05, 0) is 61.4 Å². The van der Waals surface area contributed by atoms with Crippen molar-refractivity contribution in [2.45, 2.75) is 26.3 Å². The molecule has 8 nitrogen and oxygen atoms in total. The van der Waals surface area contributed by atoms with E-state index >= 15 is 0 Å². The normalized spacial score (nSPS) is 13.5. The van der Waals surface area contributed by atoms with Gasteiger partial charge in [0.1, 0.15) is 5.75 Å². The third kappa shape index (κ3) is 5.03. The number of amides is 1. The number of ether oxygens (including phenoxy) is 1. The smallest absolute Gasteiger partial charge is 0.406 e. The predicted octanol–water partition coefficient (Wildman–Crippen LogP) is 4.70. The molecule has 0 saturated carbocycles. The maximum Gasteiger partial charge on any atom is 0.573 e. The lowest BCUT2D eigenvalue weighted by molar-refractivity contribution is -0.274. The average molecular weight is 483 g/mol. The van der Waals surface area contributed by atoms with Crippen molar-refractivity contribution in [2.75, 3.05) is 13.1 Å². The monoisotopic (exact) mass is 483 g/mol. The number of nitrogens with zero attached hydrogens (tertiary/aromatic N) is 5. The maximum atomic E-state index is 12.5. The summed E-state index contributed by atoms with van der Waals surface area (Å²) in [5, 5.41) is 8.46. The Labute approximate surface area is 197 Å². The molecule has 0 spiro atoms. The molecule has 0 atom stereocenters. The van der Waals surface area contributed by atoms with Gasteiger partial charge < -0.3 is 14.2 Å². The van der Waals surface area contributed by atoms with E-state index in [2.05, 4.69) is 20.0 Å². The molecule has 5 rings (SSSR count). The Morgan fingerprint density at radius 2 is 1.89 bits per heavy atom. The van der Waals surface area contributed by atoms with Gasteiger partial charge in [-0.3, -0.25) is 9.48 Å². The highest BCUT2D eigenvalue weighted by atomic mass is 19.4. The second kappa shape index (κ2) is 8.90. The van der Waals surface area contributed by atoms with E-state index in [9.17, 15) is 18.0 Å². The summed E-state index contributed by atoms with van der Waals surface area (Å²) in [4.78, 5) is 18.6. The van der Waals surface area contributed by atoms with Crippen LogP contribution >= 0.6 is 0 Å². The molecule has 3 heterocycles. The molecule has 1 aliphatic heterocycles. The Morgan fingerprint density at radius 1 is 1.11 bits per heavy atom. The third-order valence-corrected chi connectivity index (χ3v) is 5.62. The average Bonchev–Trinajstić information content (AvgIpc) is 3.40. The fraction of sp³-hybridized carbons (Fsp3) is 0.250. The summed E-state index contributed by atoms with van der Waals surface area (Å²) >= 11 is 0. The number of benzene rings is 2. The molecule has 0 aliphatic carbocycles. The molecule has 180 valence electrons. The number of aromatic nitrogens is 4. The number of halogens is 3. The summed E-state index contributed by atoms with van der Waals surface area (Å²) in [7, 11) is 0. The largest absolute Gasteiger partial charge is 0.573 e. The summed E-state index contributed by atoms with van der Waals surface area (Å²) in [6.07, 6.45) is -3.72. The molecule has 2 aromatic heterocycles. The quantitative estimate of drug-likeness (QED) is 0.395. The number of alkyl halides is 3. The number of carbonyl (C=O) groups is 1. The van der Waals surface area contributed by atoms with Crippen LogP contribution in [0.2, 0.25) is 0 Å². The van der Waals surface area contributed by atoms with Crippen molar-refractivity contribution in [3.8, 4) is 28.7 Å². The SMILES string of the molecule is Cc1cc(-c2nc(-c3ccc(OC(F)(F)F)cc3)no2)nn1Cc1cccc(C(=O)N2CCC2)c1. The van der Waals surface area contributed by atoms with E-state index < -0.39 is 6.36 Å². The molecule has 0 bridgehead atoms. The number of rotatable bonds is 6. The molecular formula is C24H20F3N5O3. The lowest BCUT2D eigenvalue weighted by Gasteiger charge is -2.31. The molecule has 4 aromatic rings. The Balaban J connectivity index is 1.31. The zero-order chi connectivity index (χ0) is 24.6. The Morgan fingerprint density at radius 3 is 2.57 bits per heavy atom. The van der Waals surface area contributed by atoms with E-state index in [1.54, 1.807) is 10.7 Å². The molecule has 0 N–H and O–H groups in total. The molecule has 1 aliphatic rings. The van der Waals surface area contributed by atoms with Crippen LogP contribution in [0.15, 0.2) is 59.1 Å². The summed E-state index contributed by atoms with van der Waals surface area (Å²) in [5.74, 6) is 0.0875. The zero-order valence-corrected chi connectivity index (χ0v) is 18.6. The minimum absolute atomic E-state index is 0.0346. The van der Waals surface area contributed by atoms with Gasteiger partial charge in [0.2, 0.25) is 5.82 Å². The molecule has 1 amide bonds. The Hall–Kier alpha value is -4.15. The van der Waals surface area contributed by atoms with Gasteiger partial charge in [0.25, 0.3) is 11.8 Å². The van der Waals surface area contributed by atoms with Crippen molar-refractivity contribution in [1.29, 1.82) is 0 Å². The van der Waals surface area contributed by atoms with Crippen molar-refractivity contribution in [3.63, 3.8) is 0 Å². The van der Waals surface area contributed by atoms with Crippen LogP contribution in [0, 0.1) is 6.92 Å². The topological polar surface area (TPSA) is 86.3 Å². The minimum Gasteiger partial charge on any atom is -0.406 e. The molecular weight excluding hydrogens is 463 g/mol. The Bertz CT molecular complexity index is 1360. The second-order valence-corrected chi connectivity index (χ2v) is 8.17. The van der Waals surface area contributed by atoms with E-state index in [4.69, 9.17) is 4.52 Å². The number of hydrogen-bond donors (Lipinski definition) is 0. The number of carbonyl (C=O) groups excluding carboxylic acids is 1. The molecule has 2 aromatic carbocycles. The maximum absolute atomic E-state index is 12.5. The van der Waals surface area contributed by atoms with Crippen LogP contribution in [0.5, 0.6) is 5.75 Å². The summed E-state index contributed by atoms with van der Waals surface area (Å²) in [5.41, 5.74) is 3.37. The fourth-order valence-corrected chi connectivity index (χ4v) is 3.70. The molecule has 11 heteroatoms. The molecule has 0 radical (unpaired) electrons. The molecule has 0 unspecified atom stereocenters. The summed E-state index contributed by atoms with van der Waals surface area (Å²) in [6, 6.07) is 14.5. The lowest BCUT2D eigenvalue weighted by Crippen LogP contribution is -2.42. The van der Waals surface area contributed by atoms with Crippen LogP contribution in [0.4, 0.5) is 13.2 Å². The highest BCUT2D eigenvalue weighted by Crippen LogP contribution is 2.27. The summed E-state index contributed by atoms with van der Waals surface area (Å²) in [6.45, 7) is 3.93. The fourth-order valence-electron chi connectivity index (χ4n) is 3.70. The van der Waals surface area contributed by atoms with Gasteiger partial charge in [-0.25, -0.2) is 0 Å². The van der Waals surface area contributed by atoms with E-state index in [0.29, 0.717) is 23.4 Å². The van der Waals surface area contributed by atoms with Crippen LogP contribution in [0.25, 0.3) is 23.0 Å². The van der Waals surface area contributed by atoms with Gasteiger partial charge in [0.05, 0.1) is 6.54 Å². The highest BCUT2D eigenvalue weighted by Gasteiger charge is 2.31. The van der Waals surface area contributed by atoms with Crippen molar-refractivity contribution in [3.05, 3.63) is 71.4 Å². The molecule has 35 heavy (non-hydrogen) atoms. The number of hydrogen-bond acceptors (Lipinski definition) is 6. The predicted molar refractivity (Wildman–Crippen MR) is 118 cm³/mol. The van der Waals surface area contributed by atoms with E-state index in [1.165, 1.54) is 24.3 Å². The Kier molecular flexibility index (Phi) is 5.75. The van der Waals surface area contributed by atoms with Crippen molar-refractivity contribution >= 4 is 5.91 Å². The van der Waals surface area contributed by atoms with Gasteiger partial charge in [-0.2, -0.15) is 10.1 Å². The summed E-state index contributed by atoms with van der Waals surface area (Å²) < 4.78 is 48.0. The van der Waals surface area contributed by atoms with Gasteiger partial charge >= 0.3 is 6.36 Å². The van der Waals surface area contributed by atoms with E-state index in [-0.39, 0.29) is 23.4 Å². The first-order chi connectivity index (χ1) is 16.7. The number of likely N-dealkylation sites (tertiary alicyclic amines) is 1. The minimum atomic E-state index is -4.76. The van der Waals surface area contributed by atoms with Gasteiger partial charge in [0.15, 0.2) is 5.69 Å². The second-order valence-electron chi connectivity index (χ2n) is 8.17. The molecule has 1 fully saturated rings. The van der Waals surface area contributed by atoms with Crippen LogP contribution in [0.1, 0.15) is 28.0 Å². The first-order valence-corrected chi connectivity index (χ1v) is 10.9. The number of aryl methyl sites for hydroxylation is 1. The zero-order valence-electron chi connectivity index (χ0n) is 18.6. The van der Waals surface area contributed by atoms with Crippen molar-refractivity contribution < 1.29 is 27.2 Å². The van der Waals surface area contributed by atoms with Crippen LogP contribution in [-0.2, 0) is 6.54 Å². The lowest BCUT2D eigenvalue weighted by atomic mass is 10.1. The first-order valence-electron chi connectivity index (χ1n) is 10.9. The van der Waals surface area contributed by atoms with Crippen molar-refractivity contribution in [2.24, 2.45) is 0 Å². The first kappa shape index (κ1) is 22.6. The highest BCUT2D eigenvalue weighted by molar-refractivity contribution is 5.94. The third-order valence-electron chi connectivity index (χ3n) is 5.62. The van der Waals surface area contributed by atoms with Crippen molar-refractivity contribution in [1.82, 2.24) is 24.8 Å². The standard InChI is InChI=1S/C24H20F3N5O3/c1-15-12-20(22-28-21(30-35-22)17-6-8-19(9-7-17)34-24(25,26)27)29-32(15)14-16-4-2-5-18(13-16)23(33)31-10-3-11-31/h2,4-9,12-13H,3,10-11,14H2,1H3. The van der Waals surface area contributed by atoms with Gasteiger partial charge in [-0.15, -0.1) is 13.2 Å². The van der Waals surface area contributed by atoms with E-state index in [1.807, 2.05) is 36.1 Å². The van der Waals surface area contributed by atoms with E-state index in [0.717, 1.165) is 30.8 Å². The van der Waals surface area contributed by atoms with Crippen LogP contribution in [-0.4, -0.2) is 50.2 Å². The van der Waals surface area contributed by atoms with Gasteiger partial charge in [-0.1, -0.05) is 17.3 Å².